The predicted octanol–water partition coefficient (Wildman–Crippen LogP) is 0.568. The van der Waals surface area contributed by atoms with Crippen molar-refractivity contribution in [1.82, 2.24) is 20.9 Å². The van der Waals surface area contributed by atoms with Crippen LogP contribution in [0.3, 0.4) is 0 Å². The molecule has 8 heteroatoms. The third-order valence-corrected chi connectivity index (χ3v) is 4.50. The van der Waals surface area contributed by atoms with Gasteiger partial charge in [0.1, 0.15) is 0 Å². The number of nitrogens with zero attached hydrogens (tertiary/aromatic N) is 2. The van der Waals surface area contributed by atoms with Crippen molar-refractivity contribution < 1.29 is 9.59 Å². The van der Waals surface area contributed by atoms with E-state index in [1.54, 1.807) is 18.4 Å². The fourth-order valence-corrected chi connectivity index (χ4v) is 2.90. The first kappa shape index (κ1) is 16.3. The number of thiophene rings is 1. The largest absolute Gasteiger partial charge is 0.356 e. The molecule has 0 radical (unpaired) electrons. The van der Waals surface area contributed by atoms with Crippen LogP contribution in [-0.4, -0.2) is 56.0 Å². The van der Waals surface area contributed by atoms with Gasteiger partial charge in [-0.3, -0.25) is 14.7 Å². The van der Waals surface area contributed by atoms with E-state index in [2.05, 4.69) is 39.3 Å². The number of guanidine groups is 1. The van der Waals surface area contributed by atoms with Crippen LogP contribution in [0.2, 0.25) is 0 Å². The third kappa shape index (κ3) is 4.20. The predicted molar refractivity (Wildman–Crippen MR) is 87.2 cm³/mol. The number of rotatable bonds is 6. The normalized spacial score (nSPS) is 16.6. The van der Waals surface area contributed by atoms with E-state index in [4.69, 9.17) is 0 Å². The molecule has 0 aromatic carbocycles. The Morgan fingerprint density at radius 2 is 2.32 bits per heavy atom. The van der Waals surface area contributed by atoms with Crippen molar-refractivity contribution in [2.45, 2.75) is 12.8 Å². The molecule has 0 bridgehead atoms. The van der Waals surface area contributed by atoms with Gasteiger partial charge in [-0.15, -0.1) is 11.3 Å². The van der Waals surface area contributed by atoms with Crippen molar-refractivity contribution in [3.05, 3.63) is 22.4 Å². The van der Waals surface area contributed by atoms with E-state index in [1.807, 2.05) is 6.07 Å². The van der Waals surface area contributed by atoms with Crippen LogP contribution >= 0.6 is 11.3 Å². The van der Waals surface area contributed by atoms with Gasteiger partial charge in [-0.05, 0) is 11.4 Å². The Hall–Kier alpha value is -2.09. The second-order valence-corrected chi connectivity index (χ2v) is 5.98. The van der Waals surface area contributed by atoms with Gasteiger partial charge >= 0.3 is 6.03 Å². The zero-order valence-electron chi connectivity index (χ0n) is 12.8. The van der Waals surface area contributed by atoms with Gasteiger partial charge in [0.2, 0.25) is 5.91 Å². The lowest BCUT2D eigenvalue weighted by Crippen LogP contribution is -2.44. The molecule has 1 aromatic rings. The number of nitrogens with one attached hydrogen (secondary N) is 3. The van der Waals surface area contributed by atoms with Gasteiger partial charge in [0.05, 0.1) is 6.54 Å². The second kappa shape index (κ2) is 7.79. The number of hydrogen-bond donors (Lipinski definition) is 3. The molecule has 1 aliphatic rings. The van der Waals surface area contributed by atoms with E-state index in [0.29, 0.717) is 25.0 Å². The van der Waals surface area contributed by atoms with Crippen LogP contribution in [0.1, 0.15) is 17.7 Å². The molecular formula is C14H21N5O2S. The summed E-state index contributed by atoms with van der Waals surface area (Å²) in [6.07, 6.45) is 0. The van der Waals surface area contributed by atoms with Crippen molar-refractivity contribution in [3.8, 4) is 0 Å². The van der Waals surface area contributed by atoms with Crippen LogP contribution < -0.4 is 16.0 Å². The molecule has 1 saturated heterocycles. The summed E-state index contributed by atoms with van der Waals surface area (Å²) >= 11 is 1.74. The smallest absolute Gasteiger partial charge is 0.324 e. The molecule has 1 atom stereocenters. The molecule has 3 amide bonds. The Morgan fingerprint density at radius 1 is 1.50 bits per heavy atom. The number of imide groups is 1. The topological polar surface area (TPSA) is 85.8 Å². The lowest BCUT2D eigenvalue weighted by atomic mass is 10.1. The van der Waals surface area contributed by atoms with Crippen molar-refractivity contribution >= 4 is 29.2 Å². The molecule has 0 aliphatic carbocycles. The Kier molecular flexibility index (Phi) is 5.76. The summed E-state index contributed by atoms with van der Waals surface area (Å²) in [6.45, 7) is 3.80. The number of hydrogen-bond acceptors (Lipinski definition) is 4. The SMILES string of the molecule is CN=C(NCCN1C(=O)CNC1=O)NCC(C)c1cccs1. The zero-order chi connectivity index (χ0) is 15.9. The Morgan fingerprint density at radius 3 is 2.91 bits per heavy atom. The molecule has 1 aromatic heterocycles. The molecule has 2 rings (SSSR count). The van der Waals surface area contributed by atoms with Gasteiger partial charge in [0.15, 0.2) is 5.96 Å². The van der Waals surface area contributed by atoms with Crippen LogP contribution in [0.25, 0.3) is 0 Å². The average Bonchev–Trinajstić information content (AvgIpc) is 3.15. The average molecular weight is 323 g/mol. The van der Waals surface area contributed by atoms with Crippen LogP contribution in [0.5, 0.6) is 0 Å². The van der Waals surface area contributed by atoms with Gasteiger partial charge in [-0.2, -0.15) is 0 Å². The van der Waals surface area contributed by atoms with Crippen molar-refractivity contribution in [1.29, 1.82) is 0 Å². The molecule has 22 heavy (non-hydrogen) atoms. The van der Waals surface area contributed by atoms with Crippen molar-refractivity contribution in [2.75, 3.05) is 33.2 Å². The summed E-state index contributed by atoms with van der Waals surface area (Å²) in [5.74, 6) is 0.862. The highest BCUT2D eigenvalue weighted by atomic mass is 32.1. The lowest BCUT2D eigenvalue weighted by Gasteiger charge is -2.17. The minimum atomic E-state index is -0.332. The van der Waals surface area contributed by atoms with E-state index in [0.717, 1.165) is 6.54 Å². The van der Waals surface area contributed by atoms with Crippen LogP contribution in [-0.2, 0) is 4.79 Å². The zero-order valence-corrected chi connectivity index (χ0v) is 13.6. The lowest BCUT2D eigenvalue weighted by molar-refractivity contribution is -0.124. The quantitative estimate of drug-likeness (QED) is 0.406. The first-order valence-corrected chi connectivity index (χ1v) is 8.06. The molecule has 7 nitrogen and oxygen atoms in total. The minimum absolute atomic E-state index is 0.0874. The van der Waals surface area contributed by atoms with Gasteiger partial charge < -0.3 is 16.0 Å². The van der Waals surface area contributed by atoms with Gasteiger partial charge in [0, 0.05) is 37.5 Å². The molecule has 1 unspecified atom stereocenters. The Labute approximate surface area is 133 Å². The molecule has 1 aliphatic heterocycles. The van der Waals surface area contributed by atoms with Gasteiger partial charge in [-0.25, -0.2) is 4.79 Å². The molecule has 3 N–H and O–H groups in total. The fraction of sp³-hybridized carbons (Fsp3) is 0.500. The highest BCUT2D eigenvalue weighted by Crippen LogP contribution is 2.19. The maximum Gasteiger partial charge on any atom is 0.324 e. The van der Waals surface area contributed by atoms with E-state index in [-0.39, 0.29) is 18.5 Å². The van der Waals surface area contributed by atoms with Gasteiger partial charge in [-0.1, -0.05) is 13.0 Å². The summed E-state index contributed by atoms with van der Waals surface area (Å²) in [4.78, 5) is 29.5. The monoisotopic (exact) mass is 323 g/mol. The molecule has 0 saturated carbocycles. The van der Waals surface area contributed by atoms with Crippen molar-refractivity contribution in [2.24, 2.45) is 4.99 Å². The second-order valence-electron chi connectivity index (χ2n) is 5.00. The summed E-state index contributed by atoms with van der Waals surface area (Å²) in [5.41, 5.74) is 0. The molecular weight excluding hydrogens is 302 g/mol. The highest BCUT2D eigenvalue weighted by molar-refractivity contribution is 7.10. The number of aliphatic imine (C=N–C) groups is 1. The van der Waals surface area contributed by atoms with E-state index >= 15 is 0 Å². The first-order valence-electron chi connectivity index (χ1n) is 7.18. The Balaban J connectivity index is 1.71. The van der Waals surface area contributed by atoms with Crippen LogP contribution in [0, 0.1) is 0 Å². The standard InChI is InChI=1S/C14H21N5O2S/c1-10(11-4-3-7-22-11)8-17-13(15-2)16-5-6-19-12(20)9-18-14(19)21/h3-4,7,10H,5-6,8-9H2,1-2H3,(H,18,21)(H2,15,16,17). The van der Waals surface area contributed by atoms with Crippen LogP contribution in [0.15, 0.2) is 22.5 Å². The van der Waals surface area contributed by atoms with E-state index in [1.165, 1.54) is 9.78 Å². The van der Waals surface area contributed by atoms with E-state index in [9.17, 15) is 9.59 Å². The summed E-state index contributed by atoms with van der Waals surface area (Å²) in [6, 6.07) is 3.83. The third-order valence-electron chi connectivity index (χ3n) is 3.39. The number of carbonyl (C=O) groups is 2. The first-order chi connectivity index (χ1) is 10.6. The summed E-state index contributed by atoms with van der Waals surface area (Å²) < 4.78 is 0. The number of amides is 3. The highest BCUT2D eigenvalue weighted by Gasteiger charge is 2.27. The molecule has 0 spiro atoms. The summed E-state index contributed by atoms with van der Waals surface area (Å²) in [7, 11) is 1.69. The maximum atomic E-state index is 11.4. The van der Waals surface area contributed by atoms with Crippen molar-refractivity contribution in [3.63, 3.8) is 0 Å². The molecule has 2 heterocycles. The number of urea groups is 1. The Bertz CT molecular complexity index is 527. The molecule has 120 valence electrons. The maximum absolute atomic E-state index is 11.4. The number of carbonyl (C=O) groups excluding carboxylic acids is 2. The summed E-state index contributed by atoms with van der Waals surface area (Å²) in [5, 5.41) is 10.9. The minimum Gasteiger partial charge on any atom is -0.356 e. The van der Waals surface area contributed by atoms with Gasteiger partial charge in [0.25, 0.3) is 0 Å². The molecule has 1 fully saturated rings. The van der Waals surface area contributed by atoms with E-state index < -0.39 is 0 Å². The fourth-order valence-electron chi connectivity index (χ4n) is 2.11. The van der Waals surface area contributed by atoms with Crippen LogP contribution in [0.4, 0.5) is 4.79 Å².